The molecule has 2 aromatic carbocycles. The van der Waals surface area contributed by atoms with Crippen LogP contribution >= 0.6 is 24.0 Å². The number of carbonyl (C=O) groups is 1. The van der Waals surface area contributed by atoms with Crippen LogP contribution in [0.1, 0.15) is 31.9 Å². The van der Waals surface area contributed by atoms with E-state index in [2.05, 4.69) is 50.1 Å². The summed E-state index contributed by atoms with van der Waals surface area (Å²) in [5, 5.41) is 9.43. The van der Waals surface area contributed by atoms with Crippen LogP contribution in [-0.4, -0.2) is 45.3 Å². The first-order chi connectivity index (χ1) is 14.7. The Balaban J connectivity index is 0.00000512. The number of rotatable bonds is 7. The highest BCUT2D eigenvalue weighted by atomic mass is 127. The normalized spacial score (nSPS) is 11.2. The molecular weight excluding hydrogens is 517 g/mol. The van der Waals surface area contributed by atoms with E-state index in [1.165, 1.54) is 11.3 Å². The minimum atomic E-state index is -0.516. The molecule has 176 valence electrons. The van der Waals surface area contributed by atoms with Crippen molar-refractivity contribution in [2.24, 2.45) is 4.99 Å². The number of anilines is 2. The van der Waals surface area contributed by atoms with Crippen LogP contribution in [0.15, 0.2) is 53.5 Å². The number of amides is 1. The van der Waals surface area contributed by atoms with Gasteiger partial charge in [0.15, 0.2) is 5.96 Å². The molecular formula is C24H36IN5O2. The Morgan fingerprint density at radius 1 is 1.03 bits per heavy atom. The summed E-state index contributed by atoms with van der Waals surface area (Å²) in [5.41, 5.74) is 3.73. The second-order valence-corrected chi connectivity index (χ2v) is 8.49. The molecule has 1 amide bonds. The lowest BCUT2D eigenvalue weighted by molar-refractivity contribution is 0.0636. The van der Waals surface area contributed by atoms with E-state index in [4.69, 9.17) is 4.74 Å². The highest BCUT2D eigenvalue weighted by Crippen LogP contribution is 2.14. The van der Waals surface area contributed by atoms with Crippen LogP contribution in [-0.2, 0) is 17.7 Å². The molecule has 0 saturated carbocycles. The second kappa shape index (κ2) is 13.1. The standard InChI is InChI=1S/C24H35N5O2.HI/c1-24(2,3)31-23(30)28-20-12-10-18(11-13-20)14-15-26-22(25-4)27-17-19-8-7-9-21(16-19)29(5)6;/h7-13,16H,14-15,17H2,1-6H3,(H,28,30)(H2,25,26,27);1H. The number of nitrogens with zero attached hydrogens (tertiary/aromatic N) is 2. The zero-order chi connectivity index (χ0) is 22.9. The Morgan fingerprint density at radius 3 is 2.31 bits per heavy atom. The summed E-state index contributed by atoms with van der Waals surface area (Å²) in [5.74, 6) is 0.762. The molecule has 0 unspecified atom stereocenters. The molecule has 32 heavy (non-hydrogen) atoms. The van der Waals surface area contributed by atoms with Gasteiger partial charge in [-0.05, 0) is 62.6 Å². The lowest BCUT2D eigenvalue weighted by atomic mass is 10.1. The number of aliphatic imine (C=N–C) groups is 1. The first kappa shape index (κ1) is 27.5. The maximum Gasteiger partial charge on any atom is 0.412 e. The monoisotopic (exact) mass is 553 g/mol. The molecule has 8 heteroatoms. The Labute approximate surface area is 209 Å². The minimum Gasteiger partial charge on any atom is -0.444 e. The van der Waals surface area contributed by atoms with E-state index >= 15 is 0 Å². The van der Waals surface area contributed by atoms with Crippen molar-refractivity contribution < 1.29 is 9.53 Å². The van der Waals surface area contributed by atoms with Crippen molar-refractivity contribution in [3.05, 3.63) is 59.7 Å². The fraction of sp³-hybridized carbons (Fsp3) is 0.417. The second-order valence-electron chi connectivity index (χ2n) is 8.49. The zero-order valence-electron chi connectivity index (χ0n) is 19.9. The van der Waals surface area contributed by atoms with Crippen LogP contribution in [0.4, 0.5) is 16.2 Å². The van der Waals surface area contributed by atoms with E-state index in [0.717, 1.165) is 24.5 Å². The maximum atomic E-state index is 11.8. The van der Waals surface area contributed by atoms with Gasteiger partial charge in [-0.15, -0.1) is 24.0 Å². The third-order valence-electron chi connectivity index (χ3n) is 4.42. The molecule has 0 bridgehead atoms. The van der Waals surface area contributed by atoms with E-state index in [1.807, 2.05) is 59.1 Å². The number of carbonyl (C=O) groups excluding carboxylic acids is 1. The van der Waals surface area contributed by atoms with Crippen molar-refractivity contribution in [3.63, 3.8) is 0 Å². The van der Waals surface area contributed by atoms with Gasteiger partial charge in [-0.2, -0.15) is 0 Å². The molecule has 3 N–H and O–H groups in total. The molecule has 2 aromatic rings. The molecule has 0 saturated heterocycles. The van der Waals surface area contributed by atoms with Gasteiger partial charge in [-0.1, -0.05) is 24.3 Å². The molecule has 0 fully saturated rings. The van der Waals surface area contributed by atoms with Crippen molar-refractivity contribution in [1.82, 2.24) is 10.6 Å². The Hall–Kier alpha value is -2.49. The van der Waals surface area contributed by atoms with Crippen LogP contribution in [0, 0.1) is 0 Å². The van der Waals surface area contributed by atoms with E-state index in [-0.39, 0.29) is 24.0 Å². The SMILES string of the molecule is CN=C(NCCc1ccc(NC(=O)OC(C)(C)C)cc1)NCc1cccc(N(C)C)c1.I. The van der Waals surface area contributed by atoms with Crippen LogP contribution < -0.4 is 20.9 Å². The number of benzene rings is 2. The summed E-state index contributed by atoms with van der Waals surface area (Å²) >= 11 is 0. The Kier molecular flexibility index (Phi) is 11.3. The molecule has 0 aliphatic carbocycles. The Bertz CT molecular complexity index is 877. The van der Waals surface area contributed by atoms with E-state index < -0.39 is 11.7 Å². The molecule has 2 rings (SSSR count). The lowest BCUT2D eigenvalue weighted by Crippen LogP contribution is -2.37. The number of hydrogen-bond acceptors (Lipinski definition) is 4. The van der Waals surface area contributed by atoms with Gasteiger partial charge in [-0.25, -0.2) is 4.79 Å². The molecule has 0 atom stereocenters. The van der Waals surface area contributed by atoms with Gasteiger partial charge in [0, 0.05) is 45.6 Å². The van der Waals surface area contributed by atoms with E-state index in [9.17, 15) is 4.79 Å². The number of hydrogen-bond donors (Lipinski definition) is 3. The predicted molar refractivity (Wildman–Crippen MR) is 144 cm³/mol. The molecule has 0 aliphatic rings. The first-order valence-electron chi connectivity index (χ1n) is 10.5. The van der Waals surface area contributed by atoms with Crippen molar-refractivity contribution in [2.45, 2.75) is 39.3 Å². The van der Waals surface area contributed by atoms with Crippen LogP contribution in [0.25, 0.3) is 0 Å². The van der Waals surface area contributed by atoms with Crippen molar-refractivity contribution >= 4 is 47.4 Å². The van der Waals surface area contributed by atoms with Gasteiger partial charge < -0.3 is 20.3 Å². The lowest BCUT2D eigenvalue weighted by Gasteiger charge is -2.19. The maximum absolute atomic E-state index is 11.8. The smallest absolute Gasteiger partial charge is 0.412 e. The number of ether oxygens (including phenoxy) is 1. The fourth-order valence-electron chi connectivity index (χ4n) is 2.85. The summed E-state index contributed by atoms with van der Waals surface area (Å²) in [6.45, 7) is 6.97. The van der Waals surface area contributed by atoms with Gasteiger partial charge in [0.25, 0.3) is 0 Å². The van der Waals surface area contributed by atoms with Crippen molar-refractivity contribution in [2.75, 3.05) is 37.9 Å². The predicted octanol–water partition coefficient (Wildman–Crippen LogP) is 4.63. The molecule has 0 aliphatic heterocycles. The van der Waals surface area contributed by atoms with E-state index in [0.29, 0.717) is 12.2 Å². The van der Waals surface area contributed by atoms with Gasteiger partial charge in [0.2, 0.25) is 0 Å². The Morgan fingerprint density at radius 2 is 1.72 bits per heavy atom. The molecule has 0 heterocycles. The molecule has 0 aromatic heterocycles. The molecule has 0 spiro atoms. The number of halogens is 1. The summed E-state index contributed by atoms with van der Waals surface area (Å²) in [6, 6.07) is 16.2. The third kappa shape index (κ3) is 10.2. The summed E-state index contributed by atoms with van der Waals surface area (Å²) < 4.78 is 5.27. The van der Waals surface area contributed by atoms with Crippen LogP contribution in [0.5, 0.6) is 0 Å². The number of nitrogens with one attached hydrogen (secondary N) is 3. The average Bonchev–Trinajstić information content (AvgIpc) is 2.70. The summed E-state index contributed by atoms with van der Waals surface area (Å²) in [6.07, 6.45) is 0.386. The fourth-order valence-corrected chi connectivity index (χ4v) is 2.85. The van der Waals surface area contributed by atoms with Crippen LogP contribution in [0.3, 0.4) is 0 Å². The first-order valence-corrected chi connectivity index (χ1v) is 10.5. The molecule has 7 nitrogen and oxygen atoms in total. The minimum absolute atomic E-state index is 0. The topological polar surface area (TPSA) is 78.0 Å². The van der Waals surface area contributed by atoms with Crippen LogP contribution in [0.2, 0.25) is 0 Å². The quantitative estimate of drug-likeness (QED) is 0.265. The summed E-state index contributed by atoms with van der Waals surface area (Å²) in [4.78, 5) is 18.2. The summed E-state index contributed by atoms with van der Waals surface area (Å²) in [7, 11) is 5.84. The van der Waals surface area contributed by atoms with Crippen molar-refractivity contribution in [3.8, 4) is 0 Å². The highest BCUT2D eigenvalue weighted by Gasteiger charge is 2.16. The largest absolute Gasteiger partial charge is 0.444 e. The molecule has 0 radical (unpaired) electrons. The number of guanidine groups is 1. The highest BCUT2D eigenvalue weighted by molar-refractivity contribution is 14.0. The van der Waals surface area contributed by atoms with Gasteiger partial charge >= 0.3 is 6.09 Å². The van der Waals surface area contributed by atoms with Crippen molar-refractivity contribution in [1.29, 1.82) is 0 Å². The zero-order valence-corrected chi connectivity index (χ0v) is 22.2. The van der Waals surface area contributed by atoms with Gasteiger partial charge in [0.1, 0.15) is 5.60 Å². The van der Waals surface area contributed by atoms with Gasteiger partial charge in [-0.3, -0.25) is 10.3 Å². The van der Waals surface area contributed by atoms with E-state index in [1.54, 1.807) is 7.05 Å². The average molecular weight is 553 g/mol. The third-order valence-corrected chi connectivity index (χ3v) is 4.42. The van der Waals surface area contributed by atoms with Gasteiger partial charge in [0.05, 0.1) is 0 Å².